The van der Waals surface area contributed by atoms with Gasteiger partial charge in [0.15, 0.2) is 6.61 Å². The number of Topliss-reactive ketones (excluding diaryl/α,β-unsaturated/α-hetero) is 1. The van der Waals surface area contributed by atoms with Crippen LogP contribution in [0, 0.1) is 17.3 Å². The third kappa shape index (κ3) is 4.97. The number of ether oxygens (including phenoxy) is 1. The first-order valence-corrected chi connectivity index (χ1v) is 9.09. The van der Waals surface area contributed by atoms with Crippen LogP contribution in [0.5, 0.6) is 0 Å². The highest BCUT2D eigenvalue weighted by Gasteiger charge is 2.33. The number of esters is 1. The number of ketones is 1. The van der Waals surface area contributed by atoms with Gasteiger partial charge in [0.1, 0.15) is 0 Å². The Balaban J connectivity index is 1.85. The van der Waals surface area contributed by atoms with Crippen molar-refractivity contribution in [3.8, 4) is 0 Å². The third-order valence-electron chi connectivity index (χ3n) is 4.86. The summed E-state index contributed by atoms with van der Waals surface area (Å²) in [6, 6.07) is 4.67. The zero-order valence-corrected chi connectivity index (χ0v) is 15.9. The average Bonchev–Trinajstić information content (AvgIpc) is 2.53. The molecule has 1 aromatic rings. The number of hydrogen-bond acceptors (Lipinski definition) is 3. The molecule has 1 fully saturated rings. The molecular weight excluding hydrogens is 347 g/mol. The molecule has 0 aliphatic heterocycles. The summed E-state index contributed by atoms with van der Waals surface area (Å²) in [6.07, 6.45) is 3.70. The van der Waals surface area contributed by atoms with E-state index in [0.717, 1.165) is 25.7 Å². The molecule has 0 atom stereocenters. The van der Waals surface area contributed by atoms with Gasteiger partial charge in [-0.15, -0.1) is 0 Å². The van der Waals surface area contributed by atoms with Crippen molar-refractivity contribution in [2.24, 2.45) is 17.3 Å². The zero-order valence-electron chi connectivity index (χ0n) is 14.4. The van der Waals surface area contributed by atoms with Crippen LogP contribution >= 0.6 is 23.2 Å². The Kier molecular flexibility index (Phi) is 6.33. The first kappa shape index (κ1) is 19.3. The Morgan fingerprint density at radius 1 is 1.12 bits per heavy atom. The fourth-order valence-electron chi connectivity index (χ4n) is 3.24. The van der Waals surface area contributed by atoms with Crippen LogP contribution < -0.4 is 0 Å². The molecule has 0 radical (unpaired) electrons. The summed E-state index contributed by atoms with van der Waals surface area (Å²) in [7, 11) is 0. The Morgan fingerprint density at radius 2 is 1.75 bits per heavy atom. The van der Waals surface area contributed by atoms with Crippen LogP contribution in [0.15, 0.2) is 18.2 Å². The van der Waals surface area contributed by atoms with E-state index in [1.807, 2.05) is 0 Å². The first-order valence-electron chi connectivity index (χ1n) is 8.33. The van der Waals surface area contributed by atoms with E-state index in [1.54, 1.807) is 12.1 Å². The van der Waals surface area contributed by atoms with Crippen LogP contribution in [-0.4, -0.2) is 18.4 Å². The third-order valence-corrected chi connectivity index (χ3v) is 5.42. The van der Waals surface area contributed by atoms with Gasteiger partial charge in [0.25, 0.3) is 0 Å². The minimum Gasteiger partial charge on any atom is -0.457 e. The van der Waals surface area contributed by atoms with Crippen molar-refractivity contribution in [2.75, 3.05) is 6.61 Å². The topological polar surface area (TPSA) is 43.4 Å². The lowest BCUT2D eigenvalue weighted by Gasteiger charge is -2.36. The van der Waals surface area contributed by atoms with E-state index in [4.69, 9.17) is 27.9 Å². The molecule has 0 spiro atoms. The molecule has 3 nitrogen and oxygen atoms in total. The highest BCUT2D eigenvalue weighted by molar-refractivity contribution is 6.36. The van der Waals surface area contributed by atoms with Crippen LogP contribution in [0.3, 0.4) is 0 Å². The van der Waals surface area contributed by atoms with Crippen molar-refractivity contribution in [1.82, 2.24) is 0 Å². The quantitative estimate of drug-likeness (QED) is 0.513. The average molecular weight is 371 g/mol. The van der Waals surface area contributed by atoms with Gasteiger partial charge in [-0.25, -0.2) is 0 Å². The molecule has 1 aliphatic rings. The van der Waals surface area contributed by atoms with Gasteiger partial charge in [-0.2, -0.15) is 0 Å². The minimum atomic E-state index is -0.334. The van der Waals surface area contributed by atoms with Gasteiger partial charge in [-0.05, 0) is 55.2 Å². The van der Waals surface area contributed by atoms with E-state index in [2.05, 4.69) is 20.8 Å². The van der Waals surface area contributed by atoms with Crippen LogP contribution in [0.4, 0.5) is 0 Å². The Labute approximate surface area is 153 Å². The summed E-state index contributed by atoms with van der Waals surface area (Å²) < 4.78 is 5.22. The van der Waals surface area contributed by atoms with E-state index in [9.17, 15) is 9.59 Å². The van der Waals surface area contributed by atoms with E-state index < -0.39 is 0 Å². The molecule has 1 saturated carbocycles. The van der Waals surface area contributed by atoms with Crippen LogP contribution in [-0.2, 0) is 9.53 Å². The van der Waals surface area contributed by atoms with Gasteiger partial charge >= 0.3 is 5.97 Å². The van der Waals surface area contributed by atoms with Gasteiger partial charge in [0, 0.05) is 10.6 Å². The van der Waals surface area contributed by atoms with Crippen LogP contribution in [0.25, 0.3) is 0 Å². The zero-order chi connectivity index (χ0) is 17.9. The molecule has 0 saturated heterocycles. The molecule has 0 aromatic heterocycles. The van der Waals surface area contributed by atoms with E-state index in [0.29, 0.717) is 16.0 Å². The largest absolute Gasteiger partial charge is 0.457 e. The van der Waals surface area contributed by atoms with Gasteiger partial charge in [-0.1, -0.05) is 44.0 Å². The molecule has 0 unspecified atom stereocenters. The van der Waals surface area contributed by atoms with Gasteiger partial charge in [-0.3, -0.25) is 9.59 Å². The fraction of sp³-hybridized carbons (Fsp3) is 0.579. The fourth-order valence-corrected chi connectivity index (χ4v) is 3.63. The van der Waals surface area contributed by atoms with Crippen molar-refractivity contribution in [3.63, 3.8) is 0 Å². The molecule has 24 heavy (non-hydrogen) atoms. The molecular formula is C19H24Cl2O3. The lowest BCUT2D eigenvalue weighted by atomic mass is 9.70. The molecule has 1 aromatic carbocycles. The second-order valence-corrected chi connectivity index (χ2v) is 8.41. The van der Waals surface area contributed by atoms with Crippen molar-refractivity contribution in [3.05, 3.63) is 33.8 Å². The van der Waals surface area contributed by atoms with Gasteiger partial charge in [0.05, 0.1) is 10.9 Å². The van der Waals surface area contributed by atoms with E-state index in [-0.39, 0.29) is 35.3 Å². The second-order valence-electron chi connectivity index (χ2n) is 7.57. The monoisotopic (exact) mass is 370 g/mol. The SMILES string of the molecule is CC(C)(C)C1CCC(C(=O)OCC(=O)c2cc(Cl)ccc2Cl)CC1. The molecule has 0 amide bonds. The minimum absolute atomic E-state index is 0.105. The molecule has 2 rings (SSSR count). The standard InChI is InChI=1S/C19H24Cl2O3/c1-19(2,3)13-6-4-12(5-7-13)18(23)24-11-17(22)15-10-14(20)8-9-16(15)21/h8-10,12-13H,4-7,11H2,1-3H3. The summed E-state index contributed by atoms with van der Waals surface area (Å²) in [5, 5.41) is 0.737. The summed E-state index contributed by atoms with van der Waals surface area (Å²) in [5.74, 6) is -0.0900. The van der Waals surface area contributed by atoms with E-state index >= 15 is 0 Å². The molecule has 0 N–H and O–H groups in total. The van der Waals surface area contributed by atoms with Crippen LogP contribution in [0.2, 0.25) is 10.0 Å². The molecule has 132 valence electrons. The Hall–Kier alpha value is -1.06. The smallest absolute Gasteiger partial charge is 0.309 e. The van der Waals surface area contributed by atoms with Crippen LogP contribution in [0.1, 0.15) is 56.8 Å². The molecule has 0 heterocycles. The second kappa shape index (κ2) is 7.88. The van der Waals surface area contributed by atoms with E-state index in [1.165, 1.54) is 6.07 Å². The lowest BCUT2D eigenvalue weighted by molar-refractivity contribution is -0.149. The van der Waals surface area contributed by atoms with Crippen molar-refractivity contribution < 1.29 is 14.3 Å². The Morgan fingerprint density at radius 3 is 2.33 bits per heavy atom. The summed E-state index contributed by atoms with van der Waals surface area (Å²) >= 11 is 11.9. The molecule has 1 aliphatic carbocycles. The molecule has 5 heteroatoms. The van der Waals surface area contributed by atoms with Crippen molar-refractivity contribution >= 4 is 35.0 Å². The lowest BCUT2D eigenvalue weighted by Crippen LogP contribution is -2.30. The highest BCUT2D eigenvalue weighted by atomic mass is 35.5. The maximum absolute atomic E-state index is 12.2. The number of halogens is 2. The number of carbonyl (C=O) groups is 2. The summed E-state index contributed by atoms with van der Waals surface area (Å²) in [4.78, 5) is 24.4. The number of hydrogen-bond donors (Lipinski definition) is 0. The van der Waals surface area contributed by atoms with Gasteiger partial charge in [0.2, 0.25) is 5.78 Å². The number of rotatable bonds is 4. The maximum atomic E-state index is 12.2. The predicted molar refractivity (Wildman–Crippen MR) is 96.7 cm³/mol. The normalized spacial score (nSPS) is 21.4. The maximum Gasteiger partial charge on any atom is 0.309 e. The number of carbonyl (C=O) groups excluding carboxylic acids is 2. The molecule has 0 bridgehead atoms. The Bertz CT molecular complexity index is 612. The summed E-state index contributed by atoms with van der Waals surface area (Å²) in [6.45, 7) is 6.43. The van der Waals surface area contributed by atoms with Crippen molar-refractivity contribution in [1.29, 1.82) is 0 Å². The first-order chi connectivity index (χ1) is 11.2. The predicted octanol–water partition coefficient (Wildman–Crippen LogP) is 5.57. The van der Waals surface area contributed by atoms with Crippen molar-refractivity contribution in [2.45, 2.75) is 46.5 Å². The number of benzene rings is 1. The highest BCUT2D eigenvalue weighted by Crippen LogP contribution is 2.40. The summed E-state index contributed by atoms with van der Waals surface area (Å²) in [5.41, 5.74) is 0.558. The van der Waals surface area contributed by atoms with Gasteiger partial charge < -0.3 is 4.74 Å².